The lowest BCUT2D eigenvalue weighted by Gasteiger charge is -2.25. The summed E-state index contributed by atoms with van der Waals surface area (Å²) in [4.78, 5) is 10.7. The van der Waals surface area contributed by atoms with Crippen LogP contribution in [0.1, 0.15) is 24.2 Å². The van der Waals surface area contributed by atoms with E-state index in [4.69, 9.17) is 5.11 Å². The minimum absolute atomic E-state index is 0.0641. The van der Waals surface area contributed by atoms with Gasteiger partial charge in [-0.2, -0.15) is 4.31 Å². The highest BCUT2D eigenvalue weighted by atomic mass is 32.2. The van der Waals surface area contributed by atoms with Gasteiger partial charge in [0.2, 0.25) is 10.0 Å². The van der Waals surface area contributed by atoms with Crippen molar-refractivity contribution in [2.45, 2.75) is 24.8 Å². The zero-order chi connectivity index (χ0) is 13.8. The van der Waals surface area contributed by atoms with Crippen LogP contribution in [0.3, 0.4) is 0 Å². The van der Waals surface area contributed by atoms with Crippen LogP contribution in [0.15, 0.2) is 29.2 Å². The van der Waals surface area contributed by atoms with E-state index in [1.807, 2.05) is 0 Å². The first kappa shape index (κ1) is 14.8. The van der Waals surface area contributed by atoms with Crippen LogP contribution < -0.4 is 0 Å². The summed E-state index contributed by atoms with van der Waals surface area (Å²) < 4.78 is 25.9. The second kappa shape index (κ2) is 6.08. The minimum atomic E-state index is -3.68. The highest BCUT2D eigenvalue weighted by molar-refractivity contribution is 7.89. The second-order valence-electron chi connectivity index (χ2n) is 3.93. The van der Waals surface area contributed by atoms with E-state index in [-0.39, 0.29) is 18.0 Å². The number of likely N-dealkylation sites (N-methyl/N-ethyl adjacent to an activating group) is 1. The zero-order valence-corrected chi connectivity index (χ0v) is 11.2. The lowest BCUT2D eigenvalue weighted by molar-refractivity contribution is 0.112. The zero-order valence-electron chi connectivity index (χ0n) is 10.4. The Morgan fingerprint density at radius 2 is 2.11 bits per heavy atom. The van der Waals surface area contributed by atoms with Gasteiger partial charge in [0.05, 0.1) is 11.5 Å². The Hall–Kier alpha value is -1.24. The third-order valence-corrected chi connectivity index (χ3v) is 4.75. The number of hydrogen-bond donors (Lipinski definition) is 1. The van der Waals surface area contributed by atoms with Crippen molar-refractivity contribution >= 4 is 16.3 Å². The molecule has 0 aliphatic carbocycles. The summed E-state index contributed by atoms with van der Waals surface area (Å²) in [6.07, 6.45) is 0.602. The molecule has 0 aliphatic rings. The van der Waals surface area contributed by atoms with Crippen molar-refractivity contribution in [3.8, 4) is 0 Å². The van der Waals surface area contributed by atoms with Gasteiger partial charge in [0.25, 0.3) is 0 Å². The molecule has 1 aromatic rings. The second-order valence-corrected chi connectivity index (χ2v) is 5.82. The number of aliphatic hydroxyl groups excluding tert-OH is 1. The Morgan fingerprint density at radius 1 is 1.44 bits per heavy atom. The molecule has 1 rings (SSSR count). The Morgan fingerprint density at radius 3 is 2.61 bits per heavy atom. The van der Waals surface area contributed by atoms with Gasteiger partial charge in [-0.25, -0.2) is 8.42 Å². The molecule has 100 valence electrons. The molecule has 5 nitrogen and oxygen atoms in total. The molecule has 6 heteroatoms. The van der Waals surface area contributed by atoms with Crippen LogP contribution in [0.4, 0.5) is 0 Å². The van der Waals surface area contributed by atoms with Crippen molar-refractivity contribution in [3.63, 3.8) is 0 Å². The van der Waals surface area contributed by atoms with Gasteiger partial charge in [-0.15, -0.1) is 0 Å². The van der Waals surface area contributed by atoms with Crippen molar-refractivity contribution < 1.29 is 18.3 Å². The van der Waals surface area contributed by atoms with E-state index in [1.165, 1.54) is 28.6 Å². The maximum atomic E-state index is 12.3. The van der Waals surface area contributed by atoms with Crippen LogP contribution in [0.25, 0.3) is 0 Å². The highest BCUT2D eigenvalue weighted by Gasteiger charge is 2.27. The number of sulfonamides is 1. The van der Waals surface area contributed by atoms with Crippen LogP contribution in [-0.4, -0.2) is 43.3 Å². The van der Waals surface area contributed by atoms with Crippen LogP contribution >= 0.6 is 0 Å². The van der Waals surface area contributed by atoms with Crippen molar-refractivity contribution in [2.75, 3.05) is 13.2 Å². The maximum Gasteiger partial charge on any atom is 0.243 e. The molecule has 0 spiro atoms. The molecule has 0 radical (unpaired) electrons. The third kappa shape index (κ3) is 2.95. The fourth-order valence-electron chi connectivity index (χ4n) is 1.69. The molecular weight excluding hydrogens is 254 g/mol. The largest absolute Gasteiger partial charge is 0.395 e. The van der Waals surface area contributed by atoms with E-state index >= 15 is 0 Å². The SMILES string of the molecule is CCN(C(C)CO)S(=O)(=O)c1cccc(C=O)c1. The topological polar surface area (TPSA) is 74.7 Å². The molecule has 0 heterocycles. The molecule has 1 N–H and O–H groups in total. The van der Waals surface area contributed by atoms with Gasteiger partial charge in [0.15, 0.2) is 0 Å². The minimum Gasteiger partial charge on any atom is -0.395 e. The summed E-state index contributed by atoms with van der Waals surface area (Å²) in [5.74, 6) is 0. The summed E-state index contributed by atoms with van der Waals surface area (Å²) in [5, 5.41) is 9.09. The fraction of sp³-hybridized carbons (Fsp3) is 0.417. The first-order valence-electron chi connectivity index (χ1n) is 5.65. The van der Waals surface area contributed by atoms with Gasteiger partial charge >= 0.3 is 0 Å². The average molecular weight is 271 g/mol. The van der Waals surface area contributed by atoms with Crippen LogP contribution in [0, 0.1) is 0 Å². The predicted molar refractivity (Wildman–Crippen MR) is 67.9 cm³/mol. The molecule has 1 atom stereocenters. The monoisotopic (exact) mass is 271 g/mol. The Bertz CT molecular complexity index is 513. The van der Waals surface area contributed by atoms with Crippen molar-refractivity contribution in [2.24, 2.45) is 0 Å². The summed E-state index contributed by atoms with van der Waals surface area (Å²) in [7, 11) is -3.68. The highest BCUT2D eigenvalue weighted by Crippen LogP contribution is 2.18. The number of aliphatic hydroxyl groups is 1. The van der Waals surface area contributed by atoms with E-state index < -0.39 is 16.1 Å². The molecule has 0 aliphatic heterocycles. The molecule has 18 heavy (non-hydrogen) atoms. The third-order valence-electron chi connectivity index (χ3n) is 2.67. The van der Waals surface area contributed by atoms with Gasteiger partial charge in [-0.1, -0.05) is 19.1 Å². The van der Waals surface area contributed by atoms with E-state index in [1.54, 1.807) is 13.8 Å². The molecule has 1 unspecified atom stereocenters. The lowest BCUT2D eigenvalue weighted by Crippen LogP contribution is -2.40. The predicted octanol–water partition coefficient (Wildman–Crippen LogP) is 0.891. The molecule has 0 aromatic heterocycles. The molecule has 0 bridgehead atoms. The molecule has 0 fully saturated rings. The van der Waals surface area contributed by atoms with Crippen molar-refractivity contribution in [1.29, 1.82) is 0 Å². The summed E-state index contributed by atoms with van der Waals surface area (Å²) >= 11 is 0. The van der Waals surface area contributed by atoms with Crippen molar-refractivity contribution in [1.82, 2.24) is 4.31 Å². The number of carbonyl (C=O) groups excluding carboxylic acids is 1. The van der Waals surface area contributed by atoms with Gasteiger partial charge in [-0.05, 0) is 19.1 Å². The summed E-state index contributed by atoms with van der Waals surface area (Å²) in [6, 6.07) is 5.33. The number of nitrogens with zero attached hydrogens (tertiary/aromatic N) is 1. The Kier molecular flexibility index (Phi) is 5.01. The Labute approximate surface area is 107 Å². The first-order valence-corrected chi connectivity index (χ1v) is 7.09. The number of carbonyl (C=O) groups is 1. The molecule has 1 aromatic carbocycles. The fourth-order valence-corrected chi connectivity index (χ4v) is 3.38. The summed E-state index contributed by atoms with van der Waals surface area (Å²) in [5.41, 5.74) is 0.309. The lowest BCUT2D eigenvalue weighted by atomic mass is 10.2. The van der Waals surface area contributed by atoms with E-state index in [2.05, 4.69) is 0 Å². The smallest absolute Gasteiger partial charge is 0.243 e. The van der Waals surface area contributed by atoms with E-state index in [0.29, 0.717) is 11.8 Å². The average Bonchev–Trinajstić information content (AvgIpc) is 2.39. The number of benzene rings is 1. The quantitative estimate of drug-likeness (QED) is 0.780. The Balaban J connectivity index is 3.22. The van der Waals surface area contributed by atoms with Gasteiger partial charge < -0.3 is 5.11 Å². The van der Waals surface area contributed by atoms with Crippen LogP contribution in [-0.2, 0) is 10.0 Å². The molecule has 0 amide bonds. The number of hydrogen-bond acceptors (Lipinski definition) is 4. The molecule has 0 saturated carbocycles. The molecule has 0 saturated heterocycles. The van der Waals surface area contributed by atoms with Gasteiger partial charge in [0.1, 0.15) is 6.29 Å². The first-order chi connectivity index (χ1) is 8.47. The standard InChI is InChI=1S/C12H17NO4S/c1-3-13(10(2)8-14)18(16,17)12-6-4-5-11(7-12)9-15/h4-7,9-10,14H,3,8H2,1-2H3. The van der Waals surface area contributed by atoms with Gasteiger partial charge in [-0.3, -0.25) is 4.79 Å². The number of aldehydes is 1. The van der Waals surface area contributed by atoms with E-state index in [9.17, 15) is 13.2 Å². The van der Waals surface area contributed by atoms with Crippen LogP contribution in [0.5, 0.6) is 0 Å². The normalized spacial score (nSPS) is 13.6. The van der Waals surface area contributed by atoms with Gasteiger partial charge in [0, 0.05) is 18.2 Å². The summed E-state index contributed by atoms with van der Waals surface area (Å²) in [6.45, 7) is 3.34. The maximum absolute atomic E-state index is 12.3. The van der Waals surface area contributed by atoms with Crippen LogP contribution in [0.2, 0.25) is 0 Å². The molecular formula is C12H17NO4S. The number of rotatable bonds is 6. The van der Waals surface area contributed by atoms with Crippen molar-refractivity contribution in [3.05, 3.63) is 29.8 Å². The van der Waals surface area contributed by atoms with E-state index in [0.717, 1.165) is 0 Å².